The number of rotatable bonds is 6. The van der Waals surface area contributed by atoms with Crippen molar-refractivity contribution >= 4 is 38.5 Å². The van der Waals surface area contributed by atoms with Crippen molar-refractivity contribution in [1.82, 2.24) is 0 Å². The van der Waals surface area contributed by atoms with Crippen LogP contribution >= 0.6 is 0 Å². The molecule has 1 nitrogen and oxygen atoms in total. The van der Waals surface area contributed by atoms with Crippen LogP contribution in [0.2, 0.25) is 0 Å². The largest absolute Gasteiger partial charge is 0.334 e. The Morgan fingerprint density at radius 1 is 0.422 bits per heavy atom. The maximum Gasteiger partial charge on any atom is 0.0714 e. The Balaban J connectivity index is 1.03. The number of allylic oxidation sites excluding steroid dienone is 2. The van der Waals surface area contributed by atoms with Crippen molar-refractivity contribution in [3.63, 3.8) is 0 Å². The van der Waals surface area contributed by atoms with Gasteiger partial charge in [-0.15, -0.1) is 0 Å². The van der Waals surface area contributed by atoms with E-state index in [-0.39, 0.29) is 11.5 Å². The number of hydrogen-bond acceptors (Lipinski definition) is 1. The third-order valence-electron chi connectivity index (χ3n) is 15.4. The number of fused-ring (bicyclic) bond motifs is 11. The molecule has 1 atom stereocenters. The van der Waals surface area contributed by atoms with E-state index in [1.807, 2.05) is 0 Å². The third-order valence-corrected chi connectivity index (χ3v) is 15.4. The minimum absolute atomic E-state index is 0.0581. The van der Waals surface area contributed by atoms with Crippen LogP contribution in [0.4, 0.5) is 11.4 Å². The van der Waals surface area contributed by atoms with Crippen LogP contribution < -0.4 is 4.90 Å². The molecule has 0 aliphatic heterocycles. The summed E-state index contributed by atoms with van der Waals surface area (Å²) >= 11 is 0. The average Bonchev–Trinajstić information content (AvgIpc) is 3.81. The molecule has 13 rings (SSSR count). The van der Waals surface area contributed by atoms with Gasteiger partial charge in [-0.25, -0.2) is 0 Å². The Labute approximate surface area is 376 Å². The van der Waals surface area contributed by atoms with Crippen molar-refractivity contribution in [2.75, 3.05) is 4.90 Å². The van der Waals surface area contributed by atoms with Crippen molar-refractivity contribution in [2.45, 2.75) is 55.4 Å². The van der Waals surface area contributed by atoms with E-state index < -0.39 is 5.41 Å². The van der Waals surface area contributed by atoms with E-state index in [9.17, 15) is 0 Å². The van der Waals surface area contributed by atoms with Crippen LogP contribution in [0.3, 0.4) is 0 Å². The second-order valence-corrected chi connectivity index (χ2v) is 18.6. The molecule has 0 heterocycles. The van der Waals surface area contributed by atoms with E-state index >= 15 is 0 Å². The lowest BCUT2D eigenvalue weighted by atomic mass is 9.67. The molecule has 4 aliphatic rings. The molecular weight excluding hydrogens is 771 g/mol. The molecule has 1 heteroatoms. The Bertz CT molecular complexity index is 3310. The molecule has 0 radical (unpaired) electrons. The monoisotopic (exact) mass is 819 g/mol. The summed E-state index contributed by atoms with van der Waals surface area (Å²) in [7, 11) is 0. The van der Waals surface area contributed by atoms with E-state index in [0.717, 1.165) is 6.42 Å². The number of benzene rings is 9. The summed E-state index contributed by atoms with van der Waals surface area (Å²) < 4.78 is 0. The topological polar surface area (TPSA) is 3.24 Å². The zero-order chi connectivity index (χ0) is 42.2. The Kier molecular flexibility index (Phi) is 8.57. The maximum atomic E-state index is 2.68. The highest BCUT2D eigenvalue weighted by Crippen LogP contribution is 2.59. The van der Waals surface area contributed by atoms with Crippen LogP contribution in [-0.4, -0.2) is 6.04 Å². The average molecular weight is 820 g/mol. The van der Waals surface area contributed by atoms with Crippen LogP contribution in [0.15, 0.2) is 218 Å². The first kappa shape index (κ1) is 37.3. The zero-order valence-electron chi connectivity index (χ0n) is 36.1. The van der Waals surface area contributed by atoms with Crippen molar-refractivity contribution in [3.05, 3.63) is 257 Å². The van der Waals surface area contributed by atoms with Gasteiger partial charge in [-0.1, -0.05) is 207 Å². The highest BCUT2D eigenvalue weighted by molar-refractivity contribution is 6.08. The van der Waals surface area contributed by atoms with Crippen molar-refractivity contribution < 1.29 is 0 Å². The molecular formula is C63H49N. The molecule has 306 valence electrons. The molecule has 0 aromatic heterocycles. The highest BCUT2D eigenvalue weighted by atomic mass is 15.2. The molecule has 0 bridgehead atoms. The standard InChI is InChI=1S/C63H49N/c1-4-19-47(20-5-1)63(48-21-6-2-7-22-48)59-28-13-11-26-54(59)56-36-34-51(42-61(56)63)64(50-33-35-55-53-25-10-12-27-58(53)62(60(55)41-50)37-14-3-15-38-62)49-23-16-18-45(39-49)46-32-31-44-30-29-43-17-8-9-24-52(43)57(44)40-46/h1-2,4-13,16-22,24-36,39-42,49H,3,14-15,23,37-38H2. The fourth-order valence-electron chi connectivity index (χ4n) is 12.6. The fraction of sp³-hybridized carbons (Fsp3) is 0.143. The van der Waals surface area contributed by atoms with E-state index in [4.69, 9.17) is 0 Å². The Morgan fingerprint density at radius 2 is 0.984 bits per heavy atom. The SMILES string of the molecule is C1=CC(c2ccc3ccc4ccccc4c3c2)=CC(N(c2ccc3c(c2)C2(CCCCC2)c2ccccc2-3)c2ccc3c(c2)C(c2ccccc2)(c2ccccc2)c2ccccc2-3)C1. The zero-order valence-corrected chi connectivity index (χ0v) is 36.1. The summed E-state index contributed by atoms with van der Waals surface area (Å²) in [6, 6.07) is 76.1. The lowest BCUT2D eigenvalue weighted by molar-refractivity contribution is 0.353. The van der Waals surface area contributed by atoms with Gasteiger partial charge in [0.05, 0.1) is 11.5 Å². The molecule has 0 N–H and O–H groups in total. The third kappa shape index (κ3) is 5.50. The molecule has 64 heavy (non-hydrogen) atoms. The van der Waals surface area contributed by atoms with Gasteiger partial charge in [0.2, 0.25) is 0 Å². The number of nitrogens with zero attached hydrogens (tertiary/aromatic N) is 1. The first-order valence-corrected chi connectivity index (χ1v) is 23.4. The first-order valence-electron chi connectivity index (χ1n) is 23.4. The van der Waals surface area contributed by atoms with Gasteiger partial charge in [-0.3, -0.25) is 0 Å². The van der Waals surface area contributed by atoms with Crippen LogP contribution in [0.25, 0.3) is 49.4 Å². The maximum absolute atomic E-state index is 2.68. The predicted octanol–water partition coefficient (Wildman–Crippen LogP) is 16.1. The quantitative estimate of drug-likeness (QED) is 0.151. The summed E-state index contributed by atoms with van der Waals surface area (Å²) in [5.74, 6) is 0. The van der Waals surface area contributed by atoms with Crippen molar-refractivity contribution in [2.24, 2.45) is 0 Å². The summed E-state index contributed by atoms with van der Waals surface area (Å²) in [6.45, 7) is 0. The van der Waals surface area contributed by atoms with Gasteiger partial charge in [-0.05, 0) is 138 Å². The van der Waals surface area contributed by atoms with E-state index in [1.165, 1.54) is 132 Å². The van der Waals surface area contributed by atoms with Gasteiger partial charge in [0, 0.05) is 16.8 Å². The lowest BCUT2D eigenvalue weighted by Crippen LogP contribution is -2.32. The Hall–Kier alpha value is -7.22. The van der Waals surface area contributed by atoms with E-state index in [0.29, 0.717) is 0 Å². The molecule has 1 unspecified atom stereocenters. The Morgan fingerprint density at radius 3 is 1.72 bits per heavy atom. The van der Waals surface area contributed by atoms with Crippen LogP contribution in [0.1, 0.15) is 77.5 Å². The van der Waals surface area contributed by atoms with Gasteiger partial charge < -0.3 is 4.90 Å². The van der Waals surface area contributed by atoms with Crippen molar-refractivity contribution in [3.8, 4) is 22.3 Å². The predicted molar refractivity (Wildman–Crippen MR) is 269 cm³/mol. The van der Waals surface area contributed by atoms with Gasteiger partial charge in [0.15, 0.2) is 0 Å². The number of hydrogen-bond donors (Lipinski definition) is 0. The molecule has 1 saturated carbocycles. The van der Waals surface area contributed by atoms with Crippen LogP contribution in [0, 0.1) is 0 Å². The highest BCUT2D eigenvalue weighted by Gasteiger charge is 2.47. The summed E-state index contributed by atoms with van der Waals surface area (Å²) in [4.78, 5) is 2.68. The van der Waals surface area contributed by atoms with Crippen molar-refractivity contribution in [1.29, 1.82) is 0 Å². The molecule has 0 saturated heterocycles. The molecule has 1 spiro atoms. The minimum Gasteiger partial charge on any atom is -0.334 e. The number of anilines is 2. The minimum atomic E-state index is -0.483. The van der Waals surface area contributed by atoms with Gasteiger partial charge in [-0.2, -0.15) is 0 Å². The normalized spacial score (nSPS) is 17.4. The molecule has 4 aliphatic carbocycles. The van der Waals surface area contributed by atoms with Gasteiger partial charge in [0.1, 0.15) is 0 Å². The van der Waals surface area contributed by atoms with Gasteiger partial charge >= 0.3 is 0 Å². The summed E-state index contributed by atoms with van der Waals surface area (Å²) in [6.07, 6.45) is 14.5. The fourth-order valence-corrected chi connectivity index (χ4v) is 12.6. The van der Waals surface area contributed by atoms with Crippen LogP contribution in [0.5, 0.6) is 0 Å². The second kappa shape index (κ2) is 14.7. The first-order chi connectivity index (χ1) is 31.7. The van der Waals surface area contributed by atoms with Crippen LogP contribution in [-0.2, 0) is 10.8 Å². The van der Waals surface area contributed by atoms with Gasteiger partial charge in [0.25, 0.3) is 0 Å². The summed E-state index contributed by atoms with van der Waals surface area (Å²) in [5, 5.41) is 5.16. The second-order valence-electron chi connectivity index (χ2n) is 18.6. The molecule has 9 aromatic carbocycles. The molecule has 0 amide bonds. The lowest BCUT2D eigenvalue weighted by Gasteiger charge is -2.38. The summed E-state index contributed by atoms with van der Waals surface area (Å²) in [5.41, 5.74) is 18.3. The van der Waals surface area contributed by atoms with E-state index in [1.54, 1.807) is 0 Å². The smallest absolute Gasteiger partial charge is 0.0714 e. The van der Waals surface area contributed by atoms with E-state index in [2.05, 4.69) is 223 Å². The molecule has 9 aromatic rings. The molecule has 1 fully saturated rings.